The molecule has 0 saturated heterocycles. The molecule has 0 bridgehead atoms. The highest BCUT2D eigenvalue weighted by Crippen LogP contribution is 2.40. The molecule has 2 heterocycles. The molecule has 0 aliphatic carbocycles. The molecule has 0 fully saturated rings. The number of benzene rings is 1. The van der Waals surface area contributed by atoms with E-state index in [1.807, 2.05) is 24.4 Å². The van der Waals surface area contributed by atoms with E-state index in [0.717, 1.165) is 11.3 Å². The Labute approximate surface area is 144 Å². The fraction of sp³-hybridized carbons (Fsp3) is 0.294. The second-order valence-corrected chi connectivity index (χ2v) is 6.09. The van der Waals surface area contributed by atoms with Crippen molar-refractivity contribution >= 4 is 28.5 Å². The van der Waals surface area contributed by atoms with E-state index in [4.69, 9.17) is 14.2 Å². The summed E-state index contributed by atoms with van der Waals surface area (Å²) in [6.07, 6.45) is 3.22. The van der Waals surface area contributed by atoms with Gasteiger partial charge in [0.2, 0.25) is 5.75 Å². The van der Waals surface area contributed by atoms with Crippen molar-refractivity contribution in [2.45, 2.75) is 6.92 Å². The van der Waals surface area contributed by atoms with Gasteiger partial charge in [0.1, 0.15) is 13.2 Å². The van der Waals surface area contributed by atoms with Crippen LogP contribution in [0.25, 0.3) is 6.08 Å². The van der Waals surface area contributed by atoms with E-state index in [0.29, 0.717) is 35.6 Å². The molecular weight excluding hydrogens is 328 g/mol. The minimum absolute atomic E-state index is 0.154. The van der Waals surface area contributed by atoms with Crippen molar-refractivity contribution in [1.82, 2.24) is 4.98 Å². The van der Waals surface area contributed by atoms with Crippen LogP contribution in [0.5, 0.6) is 17.2 Å². The number of hydrogen-bond acceptors (Lipinski definition) is 6. The molecule has 7 heteroatoms. The molecule has 126 valence electrons. The number of aryl methyl sites for hydroxylation is 1. The number of thiazole rings is 1. The van der Waals surface area contributed by atoms with E-state index in [-0.39, 0.29) is 5.91 Å². The minimum atomic E-state index is -0.154. The monoisotopic (exact) mass is 346 g/mol. The lowest BCUT2D eigenvalue weighted by atomic mass is 10.1. The van der Waals surface area contributed by atoms with Crippen LogP contribution in [0.4, 0.5) is 5.13 Å². The molecule has 0 radical (unpaired) electrons. The summed E-state index contributed by atoms with van der Waals surface area (Å²) in [6, 6.07) is 3.64. The van der Waals surface area contributed by atoms with Crippen molar-refractivity contribution in [2.24, 2.45) is 0 Å². The molecule has 1 aromatic heterocycles. The molecule has 1 amide bonds. The highest BCUT2D eigenvalue weighted by molar-refractivity contribution is 7.14. The van der Waals surface area contributed by atoms with Crippen LogP contribution in [0.2, 0.25) is 0 Å². The van der Waals surface area contributed by atoms with Crippen LogP contribution >= 0.6 is 11.3 Å². The molecule has 6 nitrogen and oxygen atoms in total. The Morgan fingerprint density at radius 3 is 2.88 bits per heavy atom. The van der Waals surface area contributed by atoms with Crippen LogP contribution in [0.3, 0.4) is 0 Å². The Balaban J connectivity index is 1.80. The summed E-state index contributed by atoms with van der Waals surface area (Å²) in [5.74, 6) is 1.65. The predicted octanol–water partition coefficient (Wildman–Crippen LogP) is 2.91. The van der Waals surface area contributed by atoms with Crippen molar-refractivity contribution in [3.05, 3.63) is 34.8 Å². The molecule has 3 rings (SSSR count). The molecule has 1 aliphatic heterocycles. The molecule has 0 N–H and O–H groups in total. The molecule has 0 spiro atoms. The van der Waals surface area contributed by atoms with Gasteiger partial charge in [0.05, 0.1) is 12.8 Å². The van der Waals surface area contributed by atoms with Crippen molar-refractivity contribution in [2.75, 3.05) is 32.3 Å². The van der Waals surface area contributed by atoms with Crippen LogP contribution < -0.4 is 19.1 Å². The fourth-order valence-electron chi connectivity index (χ4n) is 2.26. The summed E-state index contributed by atoms with van der Waals surface area (Å²) in [5, 5.41) is 2.58. The summed E-state index contributed by atoms with van der Waals surface area (Å²) < 4.78 is 16.5. The SMILES string of the molecule is COc1cc(C=CC(=O)N(C)c2nc(C)cs2)cc2c1OCCO2. The average molecular weight is 346 g/mol. The zero-order valence-electron chi connectivity index (χ0n) is 13.7. The van der Waals surface area contributed by atoms with Crippen LogP contribution in [-0.2, 0) is 4.79 Å². The molecule has 1 aromatic carbocycles. The van der Waals surface area contributed by atoms with Gasteiger partial charge in [-0.1, -0.05) is 0 Å². The molecule has 0 atom stereocenters. The van der Waals surface area contributed by atoms with Crippen LogP contribution in [0.15, 0.2) is 23.6 Å². The number of anilines is 1. The lowest BCUT2D eigenvalue weighted by Gasteiger charge is -2.21. The van der Waals surface area contributed by atoms with Crippen LogP contribution in [0, 0.1) is 6.92 Å². The number of carbonyl (C=O) groups excluding carboxylic acids is 1. The average Bonchev–Trinajstić information content (AvgIpc) is 3.04. The first-order valence-corrected chi connectivity index (χ1v) is 8.32. The highest BCUT2D eigenvalue weighted by Gasteiger charge is 2.18. The second-order valence-electron chi connectivity index (χ2n) is 5.25. The number of ether oxygens (including phenoxy) is 3. The van der Waals surface area contributed by atoms with Gasteiger partial charge in [-0.05, 0) is 30.7 Å². The number of rotatable bonds is 4. The topological polar surface area (TPSA) is 60.9 Å². The Hall–Kier alpha value is -2.54. The smallest absolute Gasteiger partial charge is 0.252 e. The number of hydrogen-bond donors (Lipinski definition) is 0. The lowest BCUT2D eigenvalue weighted by molar-refractivity contribution is -0.113. The zero-order valence-corrected chi connectivity index (χ0v) is 14.6. The van der Waals surface area contributed by atoms with Crippen LogP contribution in [0.1, 0.15) is 11.3 Å². The Morgan fingerprint density at radius 2 is 2.17 bits per heavy atom. The van der Waals surface area contributed by atoms with E-state index in [1.54, 1.807) is 20.2 Å². The van der Waals surface area contributed by atoms with Gasteiger partial charge in [0.15, 0.2) is 16.6 Å². The first-order chi connectivity index (χ1) is 11.6. The largest absolute Gasteiger partial charge is 0.493 e. The summed E-state index contributed by atoms with van der Waals surface area (Å²) in [5.41, 5.74) is 1.70. The summed E-state index contributed by atoms with van der Waals surface area (Å²) in [7, 11) is 3.28. The predicted molar refractivity (Wildman–Crippen MR) is 93.3 cm³/mol. The summed E-state index contributed by atoms with van der Waals surface area (Å²) >= 11 is 1.44. The Bertz CT molecular complexity index is 768. The number of methoxy groups -OCH3 is 1. The zero-order chi connectivity index (χ0) is 17.1. The maximum atomic E-state index is 12.3. The normalized spacial score (nSPS) is 13.1. The molecule has 0 saturated carbocycles. The van der Waals surface area contributed by atoms with Gasteiger partial charge >= 0.3 is 0 Å². The standard InChI is InChI=1S/C17H18N2O4S/c1-11-10-24-17(18-11)19(2)15(20)5-4-12-8-13(21-3)16-14(9-12)22-6-7-23-16/h4-5,8-10H,6-7H2,1-3H3. The van der Waals surface area contributed by atoms with Gasteiger partial charge in [0.25, 0.3) is 5.91 Å². The van der Waals surface area contributed by atoms with Crippen molar-refractivity contribution in [1.29, 1.82) is 0 Å². The minimum Gasteiger partial charge on any atom is -0.493 e. The molecule has 1 aliphatic rings. The summed E-state index contributed by atoms with van der Waals surface area (Å²) in [6.45, 7) is 2.89. The summed E-state index contributed by atoms with van der Waals surface area (Å²) in [4.78, 5) is 18.1. The van der Waals surface area contributed by atoms with E-state index in [1.165, 1.54) is 22.3 Å². The molecular formula is C17H18N2O4S. The first-order valence-electron chi connectivity index (χ1n) is 7.44. The number of aromatic nitrogens is 1. The van der Waals surface area contributed by atoms with E-state index in [2.05, 4.69) is 4.98 Å². The van der Waals surface area contributed by atoms with Crippen LogP contribution in [-0.4, -0.2) is 38.3 Å². The van der Waals surface area contributed by atoms with E-state index < -0.39 is 0 Å². The van der Waals surface area contributed by atoms with Gasteiger partial charge in [-0.25, -0.2) is 4.98 Å². The number of carbonyl (C=O) groups is 1. The number of nitrogens with zero attached hydrogens (tertiary/aromatic N) is 2. The molecule has 0 unspecified atom stereocenters. The van der Waals surface area contributed by atoms with Crippen molar-refractivity contribution in [3.8, 4) is 17.2 Å². The van der Waals surface area contributed by atoms with Gasteiger partial charge in [-0.15, -0.1) is 11.3 Å². The third kappa shape index (κ3) is 3.35. The third-order valence-corrected chi connectivity index (χ3v) is 4.53. The molecule has 24 heavy (non-hydrogen) atoms. The third-order valence-electron chi connectivity index (χ3n) is 3.49. The molecule has 2 aromatic rings. The van der Waals surface area contributed by atoms with E-state index in [9.17, 15) is 4.79 Å². The van der Waals surface area contributed by atoms with E-state index >= 15 is 0 Å². The first kappa shape index (κ1) is 16.3. The van der Waals surface area contributed by atoms with Crippen molar-refractivity contribution < 1.29 is 19.0 Å². The van der Waals surface area contributed by atoms with Crippen molar-refractivity contribution in [3.63, 3.8) is 0 Å². The van der Waals surface area contributed by atoms with Gasteiger partial charge in [-0.3, -0.25) is 9.69 Å². The maximum absolute atomic E-state index is 12.3. The fourth-order valence-corrected chi connectivity index (χ4v) is 3.03. The number of likely N-dealkylation sites (N-methyl/N-ethyl adjacent to an activating group) is 1. The maximum Gasteiger partial charge on any atom is 0.252 e. The van der Waals surface area contributed by atoms with Gasteiger partial charge < -0.3 is 14.2 Å². The second kappa shape index (κ2) is 6.92. The van der Waals surface area contributed by atoms with Gasteiger partial charge in [0, 0.05) is 18.5 Å². The Morgan fingerprint density at radius 1 is 1.38 bits per heavy atom. The Kier molecular flexibility index (Phi) is 4.71. The number of fused-ring (bicyclic) bond motifs is 1. The highest BCUT2D eigenvalue weighted by atomic mass is 32.1. The number of amides is 1. The quantitative estimate of drug-likeness (QED) is 0.797. The van der Waals surface area contributed by atoms with Gasteiger partial charge in [-0.2, -0.15) is 0 Å². The lowest BCUT2D eigenvalue weighted by Crippen LogP contribution is -2.23.